The monoisotopic (exact) mass is 448 g/mol. The Morgan fingerprint density at radius 3 is 2.59 bits per heavy atom. The Morgan fingerprint density at radius 1 is 1.12 bits per heavy atom. The summed E-state index contributed by atoms with van der Waals surface area (Å²) in [6, 6.07) is 8.71. The fraction of sp³-hybridized carbons (Fsp3) is 0.250. The lowest BCUT2D eigenvalue weighted by Gasteiger charge is -2.30. The number of aromatic nitrogens is 1. The molecule has 1 aliphatic rings. The van der Waals surface area contributed by atoms with Crippen molar-refractivity contribution in [1.29, 1.82) is 0 Å². The van der Waals surface area contributed by atoms with Crippen molar-refractivity contribution in [3.8, 4) is 0 Å². The van der Waals surface area contributed by atoms with Gasteiger partial charge in [0.15, 0.2) is 0 Å². The molecule has 7 nitrogen and oxygen atoms in total. The predicted octanol–water partition coefficient (Wildman–Crippen LogP) is 3.54. The third-order valence-corrected chi connectivity index (χ3v) is 6.23. The van der Waals surface area contributed by atoms with E-state index in [1.807, 2.05) is 23.9 Å². The zero-order chi connectivity index (χ0) is 22.7. The van der Waals surface area contributed by atoms with E-state index in [0.717, 1.165) is 22.4 Å². The van der Waals surface area contributed by atoms with Crippen LogP contribution in [-0.2, 0) is 24.3 Å². The summed E-state index contributed by atoms with van der Waals surface area (Å²) < 4.78 is 0. The van der Waals surface area contributed by atoms with Crippen molar-refractivity contribution in [3.05, 3.63) is 80.8 Å². The lowest BCUT2D eigenvalue weighted by molar-refractivity contribution is -0.114. The molecule has 0 saturated heterocycles. The molecule has 3 aromatic rings. The number of anilines is 1. The summed E-state index contributed by atoms with van der Waals surface area (Å²) >= 11 is 1.49. The minimum atomic E-state index is -0.151. The number of benzene rings is 1. The summed E-state index contributed by atoms with van der Waals surface area (Å²) in [6.45, 7) is 4.87. The van der Waals surface area contributed by atoms with E-state index >= 15 is 0 Å². The number of fused-ring (bicyclic) bond motifs is 1. The lowest BCUT2D eigenvalue weighted by Crippen LogP contribution is -2.37. The van der Waals surface area contributed by atoms with Gasteiger partial charge >= 0.3 is 0 Å². The highest BCUT2D eigenvalue weighted by Gasteiger charge is 2.25. The van der Waals surface area contributed by atoms with Crippen molar-refractivity contribution in [2.75, 3.05) is 11.9 Å². The smallest absolute Gasteiger partial charge is 0.254 e. The zero-order valence-electron chi connectivity index (χ0n) is 18.0. The molecule has 2 aromatic heterocycles. The largest absolute Gasteiger partial charge is 0.348 e. The van der Waals surface area contributed by atoms with E-state index in [2.05, 4.69) is 15.6 Å². The maximum atomic E-state index is 13.0. The standard InChI is InChI=1S/C24H24N4O3S/c1-15-22(12-26-23(30)18-8-10-32-14-18)21-7-9-28(13-19(21)11-25-15)24(31)17-3-5-20(6-4-17)27-16(2)29/h3-6,8,10-11,14H,7,9,12-13H2,1-2H3,(H,26,30)(H,27,29). The number of carbonyl (C=O) groups excluding carboxylic acids is 3. The molecule has 3 heterocycles. The van der Waals surface area contributed by atoms with Crippen LogP contribution >= 0.6 is 11.3 Å². The molecule has 0 aliphatic carbocycles. The average molecular weight is 449 g/mol. The summed E-state index contributed by atoms with van der Waals surface area (Å²) in [5.41, 5.74) is 5.97. The highest BCUT2D eigenvalue weighted by molar-refractivity contribution is 7.08. The van der Waals surface area contributed by atoms with Gasteiger partial charge in [0.1, 0.15) is 0 Å². The van der Waals surface area contributed by atoms with Gasteiger partial charge in [-0.2, -0.15) is 11.3 Å². The normalized spacial score (nSPS) is 12.8. The van der Waals surface area contributed by atoms with Crippen LogP contribution in [0.5, 0.6) is 0 Å². The summed E-state index contributed by atoms with van der Waals surface area (Å²) in [4.78, 5) is 42.8. The van der Waals surface area contributed by atoms with Crippen LogP contribution in [0.1, 0.15) is 50.0 Å². The molecule has 32 heavy (non-hydrogen) atoms. The van der Waals surface area contributed by atoms with Crippen LogP contribution in [0.25, 0.3) is 0 Å². The fourth-order valence-corrected chi connectivity index (χ4v) is 4.51. The van der Waals surface area contributed by atoms with Crippen molar-refractivity contribution in [3.63, 3.8) is 0 Å². The van der Waals surface area contributed by atoms with Crippen LogP contribution in [0, 0.1) is 6.92 Å². The highest BCUT2D eigenvalue weighted by atomic mass is 32.1. The first-order valence-corrected chi connectivity index (χ1v) is 11.3. The van der Waals surface area contributed by atoms with Crippen molar-refractivity contribution in [2.24, 2.45) is 0 Å². The van der Waals surface area contributed by atoms with Crippen LogP contribution in [0.3, 0.4) is 0 Å². The van der Waals surface area contributed by atoms with Crippen LogP contribution < -0.4 is 10.6 Å². The second-order valence-corrected chi connectivity index (χ2v) is 8.54. The van der Waals surface area contributed by atoms with Crippen molar-refractivity contribution < 1.29 is 14.4 Å². The molecule has 0 fully saturated rings. The van der Waals surface area contributed by atoms with Gasteiger partial charge in [-0.1, -0.05) is 0 Å². The molecule has 0 atom stereocenters. The number of carbonyl (C=O) groups is 3. The van der Waals surface area contributed by atoms with E-state index in [0.29, 0.717) is 42.9 Å². The van der Waals surface area contributed by atoms with E-state index in [1.165, 1.54) is 18.3 Å². The third kappa shape index (κ3) is 4.70. The fourth-order valence-electron chi connectivity index (χ4n) is 3.88. The molecule has 0 radical (unpaired) electrons. The molecular weight excluding hydrogens is 424 g/mol. The second kappa shape index (κ2) is 9.32. The summed E-state index contributed by atoms with van der Waals surface area (Å²) in [6.07, 6.45) is 2.53. The van der Waals surface area contributed by atoms with Gasteiger partial charge in [0, 0.05) is 60.6 Å². The Hall–Kier alpha value is -3.52. The maximum Gasteiger partial charge on any atom is 0.254 e. The Kier molecular flexibility index (Phi) is 6.32. The SMILES string of the molecule is CC(=O)Nc1ccc(C(=O)N2CCc3c(cnc(C)c3CNC(=O)c3ccsc3)C2)cc1. The molecule has 0 spiro atoms. The number of hydrogen-bond donors (Lipinski definition) is 2. The average Bonchev–Trinajstić information content (AvgIpc) is 3.33. The number of hydrogen-bond acceptors (Lipinski definition) is 5. The molecule has 164 valence electrons. The number of pyridine rings is 1. The number of amides is 3. The van der Waals surface area contributed by atoms with Gasteiger partial charge in [0.25, 0.3) is 11.8 Å². The zero-order valence-corrected chi connectivity index (χ0v) is 18.8. The molecule has 3 amide bonds. The maximum absolute atomic E-state index is 13.0. The molecular formula is C24H24N4O3S. The minimum absolute atomic E-state index is 0.0575. The quantitative estimate of drug-likeness (QED) is 0.625. The first kappa shape index (κ1) is 21.7. The van der Waals surface area contributed by atoms with Gasteiger partial charge in [0.2, 0.25) is 5.91 Å². The van der Waals surface area contributed by atoms with E-state index in [9.17, 15) is 14.4 Å². The molecule has 1 aromatic carbocycles. The summed E-state index contributed by atoms with van der Waals surface area (Å²) in [7, 11) is 0. The van der Waals surface area contributed by atoms with E-state index < -0.39 is 0 Å². The Bertz CT molecular complexity index is 1160. The molecule has 2 N–H and O–H groups in total. The second-order valence-electron chi connectivity index (χ2n) is 7.76. The first-order valence-electron chi connectivity index (χ1n) is 10.4. The Balaban J connectivity index is 1.46. The Morgan fingerprint density at radius 2 is 1.91 bits per heavy atom. The number of rotatable bonds is 5. The van der Waals surface area contributed by atoms with Gasteiger partial charge in [0.05, 0.1) is 0 Å². The van der Waals surface area contributed by atoms with Gasteiger partial charge in [-0.05, 0) is 65.7 Å². The molecule has 0 bridgehead atoms. The number of nitrogens with zero attached hydrogens (tertiary/aromatic N) is 2. The molecule has 1 aliphatic heterocycles. The van der Waals surface area contributed by atoms with E-state index in [1.54, 1.807) is 35.2 Å². The Labute approximate surface area is 190 Å². The molecule has 0 unspecified atom stereocenters. The first-order chi connectivity index (χ1) is 15.4. The van der Waals surface area contributed by atoms with Gasteiger partial charge in [-0.15, -0.1) is 0 Å². The number of nitrogens with one attached hydrogen (secondary N) is 2. The highest BCUT2D eigenvalue weighted by Crippen LogP contribution is 2.25. The predicted molar refractivity (Wildman–Crippen MR) is 124 cm³/mol. The van der Waals surface area contributed by atoms with Crippen molar-refractivity contribution in [2.45, 2.75) is 33.4 Å². The van der Waals surface area contributed by atoms with Crippen LogP contribution in [0.4, 0.5) is 5.69 Å². The molecule has 8 heteroatoms. The van der Waals surface area contributed by atoms with Gasteiger partial charge in [-0.3, -0.25) is 19.4 Å². The third-order valence-electron chi connectivity index (χ3n) is 5.54. The van der Waals surface area contributed by atoms with Gasteiger partial charge < -0.3 is 15.5 Å². The number of aryl methyl sites for hydroxylation is 1. The number of thiophene rings is 1. The van der Waals surface area contributed by atoms with Crippen LogP contribution in [0.2, 0.25) is 0 Å². The lowest BCUT2D eigenvalue weighted by atomic mass is 9.94. The van der Waals surface area contributed by atoms with Crippen molar-refractivity contribution in [1.82, 2.24) is 15.2 Å². The minimum Gasteiger partial charge on any atom is -0.348 e. The summed E-state index contributed by atoms with van der Waals surface area (Å²) in [5.74, 6) is -0.307. The summed E-state index contributed by atoms with van der Waals surface area (Å²) in [5, 5.41) is 9.40. The van der Waals surface area contributed by atoms with Crippen molar-refractivity contribution >= 4 is 34.7 Å². The molecule has 4 rings (SSSR count). The van der Waals surface area contributed by atoms with Crippen LogP contribution in [-0.4, -0.2) is 34.2 Å². The topological polar surface area (TPSA) is 91.4 Å². The van der Waals surface area contributed by atoms with E-state index in [4.69, 9.17) is 0 Å². The van der Waals surface area contributed by atoms with Gasteiger partial charge in [-0.25, -0.2) is 0 Å². The van der Waals surface area contributed by atoms with E-state index in [-0.39, 0.29) is 17.7 Å². The van der Waals surface area contributed by atoms with Crippen LogP contribution in [0.15, 0.2) is 47.3 Å². The molecule has 0 saturated carbocycles.